The lowest BCUT2D eigenvalue weighted by Crippen LogP contribution is -2.37. The van der Waals surface area contributed by atoms with E-state index in [1.165, 1.54) is 18.2 Å². The molecular formula is C20H24F3N3O3. The number of hydrogen-bond donors (Lipinski definition) is 2. The van der Waals surface area contributed by atoms with Crippen molar-refractivity contribution in [3.63, 3.8) is 0 Å². The molecule has 6 nitrogen and oxygen atoms in total. The lowest BCUT2D eigenvalue weighted by atomic mass is 10.2. The summed E-state index contributed by atoms with van der Waals surface area (Å²) < 4.78 is 54.1. The molecule has 158 valence electrons. The second-order valence-electron chi connectivity index (χ2n) is 5.83. The van der Waals surface area contributed by atoms with Crippen molar-refractivity contribution >= 4 is 5.96 Å². The Morgan fingerprint density at radius 2 is 1.79 bits per heavy atom. The molecule has 0 spiro atoms. The monoisotopic (exact) mass is 411 g/mol. The van der Waals surface area contributed by atoms with Crippen molar-refractivity contribution in [3.05, 3.63) is 53.3 Å². The SMILES string of the molecule is CCNC(=NCc1ccc(OC)c(OC)c1)NCc1c(F)cccc1OC(F)F. The van der Waals surface area contributed by atoms with E-state index in [0.29, 0.717) is 30.5 Å². The summed E-state index contributed by atoms with van der Waals surface area (Å²) in [6, 6.07) is 9.21. The van der Waals surface area contributed by atoms with Crippen LogP contribution in [0.2, 0.25) is 0 Å². The van der Waals surface area contributed by atoms with E-state index in [1.54, 1.807) is 26.4 Å². The van der Waals surface area contributed by atoms with E-state index in [-0.39, 0.29) is 17.9 Å². The van der Waals surface area contributed by atoms with Crippen molar-refractivity contribution in [2.75, 3.05) is 20.8 Å². The molecule has 0 radical (unpaired) electrons. The van der Waals surface area contributed by atoms with E-state index in [2.05, 4.69) is 20.4 Å². The Hall–Kier alpha value is -3.10. The first-order valence-electron chi connectivity index (χ1n) is 8.93. The molecule has 0 aliphatic rings. The maximum atomic E-state index is 14.1. The van der Waals surface area contributed by atoms with Crippen LogP contribution in [0.25, 0.3) is 0 Å². The summed E-state index contributed by atoms with van der Waals surface area (Å²) in [6.45, 7) is -0.361. The van der Waals surface area contributed by atoms with Crippen molar-refractivity contribution in [1.82, 2.24) is 10.6 Å². The molecule has 0 bridgehead atoms. The molecule has 2 rings (SSSR count). The van der Waals surface area contributed by atoms with E-state index in [4.69, 9.17) is 9.47 Å². The predicted octanol–water partition coefficient (Wildman–Crippen LogP) is 3.70. The van der Waals surface area contributed by atoms with Gasteiger partial charge in [-0.15, -0.1) is 0 Å². The van der Waals surface area contributed by atoms with Crippen molar-refractivity contribution < 1.29 is 27.4 Å². The topological polar surface area (TPSA) is 64.1 Å². The molecule has 9 heteroatoms. The van der Waals surface area contributed by atoms with Gasteiger partial charge in [-0.1, -0.05) is 12.1 Å². The van der Waals surface area contributed by atoms with Crippen LogP contribution >= 0.6 is 0 Å². The maximum Gasteiger partial charge on any atom is 0.387 e. The van der Waals surface area contributed by atoms with Gasteiger partial charge in [-0.05, 0) is 36.8 Å². The van der Waals surface area contributed by atoms with E-state index in [9.17, 15) is 13.2 Å². The smallest absolute Gasteiger partial charge is 0.387 e. The van der Waals surface area contributed by atoms with Crippen LogP contribution in [-0.4, -0.2) is 33.3 Å². The Bertz CT molecular complexity index is 832. The highest BCUT2D eigenvalue weighted by Gasteiger charge is 2.14. The fraction of sp³-hybridized carbons (Fsp3) is 0.350. The van der Waals surface area contributed by atoms with Gasteiger partial charge in [0.1, 0.15) is 11.6 Å². The first-order valence-corrected chi connectivity index (χ1v) is 8.93. The van der Waals surface area contributed by atoms with Gasteiger partial charge >= 0.3 is 6.61 Å². The molecule has 0 aromatic heterocycles. The van der Waals surface area contributed by atoms with Crippen LogP contribution in [0.4, 0.5) is 13.2 Å². The minimum absolute atomic E-state index is 0.00970. The van der Waals surface area contributed by atoms with Crippen LogP contribution in [0.3, 0.4) is 0 Å². The maximum absolute atomic E-state index is 14.1. The van der Waals surface area contributed by atoms with Gasteiger partial charge in [0.2, 0.25) is 0 Å². The first kappa shape index (κ1) is 22.2. The Morgan fingerprint density at radius 1 is 1.03 bits per heavy atom. The van der Waals surface area contributed by atoms with E-state index < -0.39 is 12.4 Å². The van der Waals surface area contributed by atoms with Crippen LogP contribution in [-0.2, 0) is 13.1 Å². The number of ether oxygens (including phenoxy) is 3. The highest BCUT2D eigenvalue weighted by molar-refractivity contribution is 5.79. The van der Waals surface area contributed by atoms with Crippen LogP contribution in [0.15, 0.2) is 41.4 Å². The second-order valence-corrected chi connectivity index (χ2v) is 5.83. The number of nitrogens with one attached hydrogen (secondary N) is 2. The summed E-state index contributed by atoms with van der Waals surface area (Å²) in [6.07, 6.45) is 0. The van der Waals surface area contributed by atoms with Gasteiger partial charge in [-0.2, -0.15) is 8.78 Å². The zero-order valence-corrected chi connectivity index (χ0v) is 16.5. The van der Waals surface area contributed by atoms with E-state index in [1.807, 2.05) is 13.0 Å². The minimum atomic E-state index is -3.04. The second kappa shape index (κ2) is 11.0. The van der Waals surface area contributed by atoms with Gasteiger partial charge in [-0.25, -0.2) is 9.38 Å². The summed E-state index contributed by atoms with van der Waals surface area (Å²) in [5, 5.41) is 5.96. The van der Waals surface area contributed by atoms with Crippen LogP contribution in [0, 0.1) is 5.82 Å². The lowest BCUT2D eigenvalue weighted by Gasteiger charge is -2.15. The Labute approximate surface area is 167 Å². The Kier molecular flexibility index (Phi) is 8.45. The molecule has 0 saturated carbocycles. The molecule has 0 aliphatic heterocycles. The quantitative estimate of drug-likeness (QED) is 0.487. The minimum Gasteiger partial charge on any atom is -0.493 e. The number of halogens is 3. The van der Waals surface area contributed by atoms with Gasteiger partial charge in [0, 0.05) is 18.7 Å². The Balaban J connectivity index is 2.13. The number of nitrogens with zero attached hydrogens (tertiary/aromatic N) is 1. The summed E-state index contributed by atoms with van der Waals surface area (Å²) in [5.74, 6) is 0.720. The average molecular weight is 411 g/mol. The number of methoxy groups -OCH3 is 2. The van der Waals surface area contributed by atoms with E-state index >= 15 is 0 Å². The Morgan fingerprint density at radius 3 is 2.45 bits per heavy atom. The van der Waals surface area contributed by atoms with Crippen molar-refractivity contribution in [3.8, 4) is 17.2 Å². The van der Waals surface area contributed by atoms with Crippen LogP contribution in [0.5, 0.6) is 17.2 Å². The highest BCUT2D eigenvalue weighted by Crippen LogP contribution is 2.28. The largest absolute Gasteiger partial charge is 0.493 e. The molecule has 2 aromatic carbocycles. The number of benzene rings is 2. The summed E-state index contributed by atoms with van der Waals surface area (Å²) in [5.41, 5.74) is 0.858. The predicted molar refractivity (Wildman–Crippen MR) is 104 cm³/mol. The third-order valence-electron chi connectivity index (χ3n) is 3.94. The molecule has 29 heavy (non-hydrogen) atoms. The van der Waals surface area contributed by atoms with Gasteiger partial charge < -0.3 is 24.8 Å². The fourth-order valence-electron chi connectivity index (χ4n) is 2.58. The number of hydrogen-bond acceptors (Lipinski definition) is 4. The molecule has 0 unspecified atom stereocenters. The molecule has 0 aliphatic carbocycles. The molecule has 0 amide bonds. The number of rotatable bonds is 9. The zero-order chi connectivity index (χ0) is 21.2. The van der Waals surface area contributed by atoms with Gasteiger partial charge in [0.05, 0.1) is 20.8 Å². The van der Waals surface area contributed by atoms with Crippen LogP contribution < -0.4 is 24.8 Å². The first-order chi connectivity index (χ1) is 14.0. The third kappa shape index (κ3) is 6.48. The van der Waals surface area contributed by atoms with Gasteiger partial charge in [-0.3, -0.25) is 0 Å². The summed E-state index contributed by atoms with van der Waals surface area (Å²) in [7, 11) is 3.10. The normalized spacial score (nSPS) is 11.3. The summed E-state index contributed by atoms with van der Waals surface area (Å²) >= 11 is 0. The average Bonchev–Trinajstić information content (AvgIpc) is 2.70. The number of guanidine groups is 1. The standard InChI is InChI=1S/C20H24F3N3O3/c1-4-24-20(25-11-13-8-9-17(27-2)18(10-13)28-3)26-12-14-15(21)6-5-7-16(14)29-19(22)23/h5-10,19H,4,11-12H2,1-3H3,(H2,24,25,26). The molecule has 0 heterocycles. The van der Waals surface area contributed by atoms with Gasteiger partial charge in [0.25, 0.3) is 0 Å². The zero-order valence-electron chi connectivity index (χ0n) is 16.5. The fourth-order valence-corrected chi connectivity index (χ4v) is 2.58. The van der Waals surface area contributed by atoms with Crippen molar-refractivity contribution in [1.29, 1.82) is 0 Å². The molecule has 0 fully saturated rings. The molecular weight excluding hydrogens is 387 g/mol. The molecule has 2 N–H and O–H groups in total. The number of aliphatic imine (C=N–C) groups is 1. The van der Waals surface area contributed by atoms with Gasteiger partial charge in [0.15, 0.2) is 17.5 Å². The lowest BCUT2D eigenvalue weighted by molar-refractivity contribution is -0.0506. The highest BCUT2D eigenvalue weighted by atomic mass is 19.3. The third-order valence-corrected chi connectivity index (χ3v) is 3.94. The van der Waals surface area contributed by atoms with E-state index in [0.717, 1.165) is 5.56 Å². The molecule has 0 atom stereocenters. The van der Waals surface area contributed by atoms with Crippen LogP contribution in [0.1, 0.15) is 18.1 Å². The van der Waals surface area contributed by atoms with Crippen molar-refractivity contribution in [2.24, 2.45) is 4.99 Å². The molecule has 2 aromatic rings. The number of alkyl halides is 2. The van der Waals surface area contributed by atoms with Crippen molar-refractivity contribution in [2.45, 2.75) is 26.6 Å². The molecule has 0 saturated heterocycles. The summed E-state index contributed by atoms with van der Waals surface area (Å²) in [4.78, 5) is 4.44.